The van der Waals surface area contributed by atoms with E-state index in [2.05, 4.69) is 15.5 Å². The third-order valence-corrected chi connectivity index (χ3v) is 5.49. The lowest BCUT2D eigenvalue weighted by Crippen LogP contribution is -2.34. The van der Waals surface area contributed by atoms with Gasteiger partial charge in [0.05, 0.1) is 5.39 Å². The lowest BCUT2D eigenvalue weighted by Gasteiger charge is -2.18. The van der Waals surface area contributed by atoms with Crippen molar-refractivity contribution in [3.63, 3.8) is 0 Å². The van der Waals surface area contributed by atoms with Gasteiger partial charge in [-0.05, 0) is 18.6 Å². The number of amides is 1. The Morgan fingerprint density at radius 1 is 1.12 bits per heavy atom. The standard InChI is InChI=1S/C23H21N3O5S/c1-3-16(22(28)24-23-26-25-18(32-23)13-29-2)30-21-19(27)15-11-7-8-12-17(15)31-20(21)14-9-5-4-6-10-14/h4-12,16H,3,13H2,1-2H3,(H,24,26,28). The van der Waals surface area contributed by atoms with E-state index in [1.165, 1.54) is 11.3 Å². The Kier molecular flexibility index (Phi) is 6.58. The first-order chi connectivity index (χ1) is 15.6. The van der Waals surface area contributed by atoms with Crippen LogP contribution in [0, 0.1) is 0 Å². The molecule has 0 radical (unpaired) electrons. The van der Waals surface area contributed by atoms with Gasteiger partial charge in [0.1, 0.15) is 17.2 Å². The van der Waals surface area contributed by atoms with Crippen molar-refractivity contribution in [1.82, 2.24) is 10.2 Å². The number of benzene rings is 2. The molecule has 0 bridgehead atoms. The Bertz CT molecular complexity index is 1290. The van der Waals surface area contributed by atoms with E-state index in [1.807, 2.05) is 30.3 Å². The van der Waals surface area contributed by atoms with Gasteiger partial charge in [-0.1, -0.05) is 60.7 Å². The number of carbonyl (C=O) groups excluding carboxylic acids is 1. The van der Waals surface area contributed by atoms with Crippen LogP contribution in [0.4, 0.5) is 5.13 Å². The molecule has 4 rings (SSSR count). The van der Waals surface area contributed by atoms with Gasteiger partial charge in [0.15, 0.2) is 11.9 Å². The fourth-order valence-corrected chi connectivity index (χ4v) is 3.86. The molecule has 0 fully saturated rings. The van der Waals surface area contributed by atoms with E-state index in [-0.39, 0.29) is 16.9 Å². The Morgan fingerprint density at radius 2 is 1.88 bits per heavy atom. The summed E-state index contributed by atoms with van der Waals surface area (Å²) in [5, 5.41) is 11.9. The monoisotopic (exact) mass is 451 g/mol. The predicted octanol–water partition coefficient (Wildman–Crippen LogP) is 4.25. The van der Waals surface area contributed by atoms with E-state index < -0.39 is 12.0 Å². The zero-order valence-electron chi connectivity index (χ0n) is 17.5. The first-order valence-corrected chi connectivity index (χ1v) is 10.8. The van der Waals surface area contributed by atoms with Gasteiger partial charge >= 0.3 is 0 Å². The van der Waals surface area contributed by atoms with Gasteiger partial charge in [-0.2, -0.15) is 0 Å². The van der Waals surface area contributed by atoms with Gasteiger partial charge in [-0.25, -0.2) is 0 Å². The minimum absolute atomic E-state index is 0.00534. The third-order valence-electron chi connectivity index (χ3n) is 4.68. The minimum atomic E-state index is -0.934. The van der Waals surface area contributed by atoms with Crippen molar-refractivity contribution >= 4 is 33.3 Å². The van der Waals surface area contributed by atoms with Gasteiger partial charge in [-0.3, -0.25) is 14.9 Å². The Hall–Kier alpha value is -3.56. The van der Waals surface area contributed by atoms with Crippen LogP contribution in [0.2, 0.25) is 0 Å². The predicted molar refractivity (Wildman–Crippen MR) is 122 cm³/mol. The number of nitrogens with zero attached hydrogens (tertiary/aromatic N) is 2. The van der Waals surface area contributed by atoms with Crippen LogP contribution in [0.3, 0.4) is 0 Å². The normalized spacial score (nSPS) is 11.9. The number of rotatable bonds is 8. The molecule has 0 aliphatic heterocycles. The highest BCUT2D eigenvalue weighted by Crippen LogP contribution is 2.31. The number of aromatic nitrogens is 2. The summed E-state index contributed by atoms with van der Waals surface area (Å²) in [5.74, 6) is -0.160. The molecule has 1 amide bonds. The van der Waals surface area contributed by atoms with E-state index >= 15 is 0 Å². The van der Waals surface area contributed by atoms with Crippen molar-refractivity contribution in [2.24, 2.45) is 0 Å². The zero-order valence-corrected chi connectivity index (χ0v) is 18.3. The molecule has 2 aromatic carbocycles. The molecule has 0 saturated carbocycles. The fourth-order valence-electron chi connectivity index (χ4n) is 3.15. The van der Waals surface area contributed by atoms with Crippen LogP contribution >= 0.6 is 11.3 Å². The highest BCUT2D eigenvalue weighted by molar-refractivity contribution is 7.15. The molecule has 1 atom stereocenters. The van der Waals surface area contributed by atoms with E-state index in [4.69, 9.17) is 13.9 Å². The molecular formula is C23H21N3O5S. The second kappa shape index (κ2) is 9.71. The first-order valence-electron chi connectivity index (χ1n) is 10.0. The Labute approximate surface area is 187 Å². The third kappa shape index (κ3) is 4.53. The first kappa shape index (κ1) is 21.7. The molecule has 8 nitrogen and oxygen atoms in total. The smallest absolute Gasteiger partial charge is 0.267 e. The number of para-hydroxylation sites is 1. The average Bonchev–Trinajstić information content (AvgIpc) is 3.26. The summed E-state index contributed by atoms with van der Waals surface area (Å²) in [6.07, 6.45) is -0.605. The second-order valence-electron chi connectivity index (χ2n) is 6.89. The van der Waals surface area contributed by atoms with Crippen molar-refractivity contribution < 1.29 is 18.7 Å². The van der Waals surface area contributed by atoms with Gasteiger partial charge in [0.2, 0.25) is 16.3 Å². The van der Waals surface area contributed by atoms with Crippen molar-refractivity contribution in [2.75, 3.05) is 12.4 Å². The van der Waals surface area contributed by atoms with Crippen LogP contribution in [0.1, 0.15) is 18.4 Å². The molecular weight excluding hydrogens is 430 g/mol. The highest BCUT2D eigenvalue weighted by atomic mass is 32.1. The number of carbonyl (C=O) groups is 1. The van der Waals surface area contributed by atoms with Gasteiger partial charge in [0.25, 0.3) is 5.91 Å². The highest BCUT2D eigenvalue weighted by Gasteiger charge is 2.25. The second-order valence-corrected chi connectivity index (χ2v) is 7.95. The number of methoxy groups -OCH3 is 1. The summed E-state index contributed by atoms with van der Waals surface area (Å²) in [4.78, 5) is 26.2. The van der Waals surface area contributed by atoms with Crippen LogP contribution in [0.15, 0.2) is 63.8 Å². The molecule has 2 aromatic heterocycles. The number of hydrogen-bond donors (Lipinski definition) is 1. The molecule has 0 saturated heterocycles. The lowest BCUT2D eigenvalue weighted by atomic mass is 10.1. The number of fused-ring (bicyclic) bond motifs is 1. The molecule has 0 spiro atoms. The number of nitrogens with one attached hydrogen (secondary N) is 1. The minimum Gasteiger partial charge on any atom is -0.473 e. The quantitative estimate of drug-likeness (QED) is 0.427. The molecule has 0 aliphatic carbocycles. The summed E-state index contributed by atoms with van der Waals surface area (Å²) in [5.41, 5.74) is 0.782. The molecule has 0 aliphatic rings. The number of ether oxygens (including phenoxy) is 2. The largest absolute Gasteiger partial charge is 0.473 e. The fraction of sp³-hybridized carbons (Fsp3) is 0.217. The van der Waals surface area contributed by atoms with Crippen molar-refractivity contribution in [2.45, 2.75) is 26.1 Å². The summed E-state index contributed by atoms with van der Waals surface area (Å²) in [7, 11) is 1.56. The van der Waals surface area contributed by atoms with Gasteiger partial charge < -0.3 is 13.9 Å². The van der Waals surface area contributed by atoms with E-state index in [9.17, 15) is 9.59 Å². The molecule has 9 heteroatoms. The number of hydrogen-bond acceptors (Lipinski definition) is 8. The van der Waals surface area contributed by atoms with Crippen molar-refractivity contribution in [3.8, 4) is 17.1 Å². The number of anilines is 1. The Balaban J connectivity index is 1.68. The van der Waals surface area contributed by atoms with Crippen molar-refractivity contribution in [3.05, 3.63) is 69.8 Å². The molecule has 32 heavy (non-hydrogen) atoms. The van der Waals surface area contributed by atoms with Crippen molar-refractivity contribution in [1.29, 1.82) is 0 Å². The van der Waals surface area contributed by atoms with Crippen LogP contribution < -0.4 is 15.5 Å². The molecule has 4 aromatic rings. The topological polar surface area (TPSA) is 104 Å². The van der Waals surface area contributed by atoms with Crippen LogP contribution in [0.5, 0.6) is 5.75 Å². The molecule has 1 N–H and O–H groups in total. The Morgan fingerprint density at radius 3 is 2.62 bits per heavy atom. The summed E-state index contributed by atoms with van der Waals surface area (Å²) < 4.78 is 17.1. The molecule has 1 unspecified atom stereocenters. The maximum Gasteiger partial charge on any atom is 0.267 e. The lowest BCUT2D eigenvalue weighted by molar-refractivity contribution is -0.122. The summed E-state index contributed by atoms with van der Waals surface area (Å²) in [6.45, 7) is 2.10. The van der Waals surface area contributed by atoms with Crippen LogP contribution in [-0.4, -0.2) is 29.3 Å². The van der Waals surface area contributed by atoms with E-state index in [1.54, 1.807) is 38.3 Å². The van der Waals surface area contributed by atoms with Crippen LogP contribution in [0.25, 0.3) is 22.3 Å². The summed E-state index contributed by atoms with van der Waals surface area (Å²) >= 11 is 1.21. The van der Waals surface area contributed by atoms with E-state index in [0.717, 1.165) is 0 Å². The average molecular weight is 452 g/mol. The maximum atomic E-state index is 13.3. The molecule has 2 heterocycles. The van der Waals surface area contributed by atoms with E-state index in [0.29, 0.717) is 39.7 Å². The van der Waals surface area contributed by atoms with Crippen LogP contribution in [-0.2, 0) is 16.1 Å². The van der Waals surface area contributed by atoms with Gasteiger partial charge in [0, 0.05) is 12.7 Å². The maximum absolute atomic E-state index is 13.3. The summed E-state index contributed by atoms with van der Waals surface area (Å²) in [6, 6.07) is 16.1. The SMILES string of the molecule is CCC(Oc1c(-c2ccccc2)oc2ccccc2c1=O)C(=O)Nc1nnc(COC)s1. The molecule has 164 valence electrons. The van der Waals surface area contributed by atoms with Gasteiger partial charge in [-0.15, -0.1) is 10.2 Å². The zero-order chi connectivity index (χ0) is 22.5.